The molecule has 0 bridgehead atoms. The number of hydrogen-bond donors (Lipinski definition) is 1. The molecule has 6 heteroatoms. The first-order valence-corrected chi connectivity index (χ1v) is 7.82. The molecule has 1 atom stereocenters. The SMILES string of the molecule is CC(C)(C)OC(=O)C[C@H](NC(=O)OC(C)(C)C)c1ccc(F)cc1. The number of esters is 1. The van der Waals surface area contributed by atoms with Gasteiger partial charge in [-0.05, 0) is 59.2 Å². The van der Waals surface area contributed by atoms with Gasteiger partial charge in [0, 0.05) is 0 Å². The Morgan fingerprint density at radius 2 is 1.50 bits per heavy atom. The van der Waals surface area contributed by atoms with Crippen molar-refractivity contribution in [3.63, 3.8) is 0 Å². The molecule has 0 heterocycles. The van der Waals surface area contributed by atoms with Gasteiger partial charge in [-0.25, -0.2) is 9.18 Å². The molecule has 0 spiro atoms. The molecule has 0 saturated carbocycles. The number of carbonyl (C=O) groups excluding carboxylic acids is 2. The standard InChI is InChI=1S/C18H26FNO4/c1-17(2,3)23-15(21)11-14(12-7-9-13(19)10-8-12)20-16(22)24-18(4,5)6/h7-10,14H,11H2,1-6H3,(H,20,22)/t14-/m0/s1. The second kappa shape index (κ2) is 7.64. The first-order chi connectivity index (χ1) is 10.9. The number of amides is 1. The molecule has 0 unspecified atom stereocenters. The number of halogens is 1. The third kappa shape index (κ3) is 7.94. The Morgan fingerprint density at radius 1 is 1.00 bits per heavy atom. The number of nitrogens with one attached hydrogen (secondary N) is 1. The van der Waals surface area contributed by atoms with Crippen LogP contribution in [0.2, 0.25) is 0 Å². The summed E-state index contributed by atoms with van der Waals surface area (Å²) < 4.78 is 23.6. The van der Waals surface area contributed by atoms with Gasteiger partial charge in [-0.1, -0.05) is 12.1 Å². The summed E-state index contributed by atoms with van der Waals surface area (Å²) in [6.07, 6.45) is -0.734. The quantitative estimate of drug-likeness (QED) is 0.838. The first kappa shape index (κ1) is 19.9. The van der Waals surface area contributed by atoms with Crippen molar-refractivity contribution in [3.8, 4) is 0 Å². The molecule has 1 rings (SSSR count). The molecule has 0 aromatic heterocycles. The average Bonchev–Trinajstić information content (AvgIpc) is 2.34. The number of benzene rings is 1. The summed E-state index contributed by atoms with van der Waals surface area (Å²) in [6.45, 7) is 10.5. The van der Waals surface area contributed by atoms with Crippen LogP contribution in [0.5, 0.6) is 0 Å². The predicted molar refractivity (Wildman–Crippen MR) is 89.0 cm³/mol. The zero-order chi connectivity index (χ0) is 18.5. The second-order valence-electron chi connectivity index (χ2n) is 7.54. The summed E-state index contributed by atoms with van der Waals surface area (Å²) in [5, 5.41) is 2.64. The van der Waals surface area contributed by atoms with E-state index >= 15 is 0 Å². The normalized spacial score (nSPS) is 13.1. The van der Waals surface area contributed by atoms with Gasteiger partial charge in [0.2, 0.25) is 0 Å². The summed E-state index contributed by atoms with van der Waals surface area (Å²) in [5.74, 6) is -0.861. The van der Waals surface area contributed by atoms with Crippen LogP contribution in [0, 0.1) is 5.82 Å². The van der Waals surface area contributed by atoms with Crippen molar-refractivity contribution in [3.05, 3.63) is 35.6 Å². The average molecular weight is 339 g/mol. The molecule has 0 radical (unpaired) electrons. The molecule has 0 aliphatic heterocycles. The Labute approximate surface area is 142 Å². The maximum Gasteiger partial charge on any atom is 0.408 e. The largest absolute Gasteiger partial charge is 0.460 e. The van der Waals surface area contributed by atoms with Crippen molar-refractivity contribution in [1.82, 2.24) is 5.32 Å². The molecular formula is C18H26FNO4. The van der Waals surface area contributed by atoms with Crippen molar-refractivity contribution in [1.29, 1.82) is 0 Å². The van der Waals surface area contributed by atoms with Crippen LogP contribution >= 0.6 is 0 Å². The smallest absolute Gasteiger partial charge is 0.408 e. The molecule has 0 aliphatic carbocycles. The summed E-state index contributed by atoms with van der Waals surface area (Å²) in [6, 6.07) is 4.90. The molecule has 1 N–H and O–H groups in total. The highest BCUT2D eigenvalue weighted by Crippen LogP contribution is 2.21. The Hall–Kier alpha value is -2.11. The topological polar surface area (TPSA) is 64.6 Å². The molecule has 1 aromatic rings. The van der Waals surface area contributed by atoms with Crippen LogP contribution in [0.4, 0.5) is 9.18 Å². The molecule has 5 nitrogen and oxygen atoms in total. The molecule has 0 aliphatic rings. The van der Waals surface area contributed by atoms with Crippen LogP contribution in [0.1, 0.15) is 59.6 Å². The maximum atomic E-state index is 13.1. The summed E-state index contributed by atoms with van der Waals surface area (Å²) in [5.41, 5.74) is -0.701. The lowest BCUT2D eigenvalue weighted by Crippen LogP contribution is -2.36. The molecule has 24 heavy (non-hydrogen) atoms. The van der Waals surface area contributed by atoms with Crippen LogP contribution < -0.4 is 5.32 Å². The Kier molecular flexibility index (Phi) is 6.35. The fourth-order valence-electron chi connectivity index (χ4n) is 1.95. The van der Waals surface area contributed by atoms with Crippen molar-refractivity contribution in [2.45, 2.75) is 65.2 Å². The summed E-state index contributed by atoms with van der Waals surface area (Å²) in [7, 11) is 0. The highest BCUT2D eigenvalue weighted by molar-refractivity contribution is 5.73. The summed E-state index contributed by atoms with van der Waals surface area (Å²) in [4.78, 5) is 24.1. The van der Waals surface area contributed by atoms with Crippen molar-refractivity contribution >= 4 is 12.1 Å². The van der Waals surface area contributed by atoms with Crippen LogP contribution in [0.3, 0.4) is 0 Å². The van der Waals surface area contributed by atoms with Gasteiger partial charge in [-0.15, -0.1) is 0 Å². The molecule has 1 aromatic carbocycles. The minimum atomic E-state index is -0.671. The number of ether oxygens (including phenoxy) is 2. The lowest BCUT2D eigenvalue weighted by atomic mass is 10.0. The van der Waals surface area contributed by atoms with Gasteiger partial charge in [0.25, 0.3) is 0 Å². The van der Waals surface area contributed by atoms with Gasteiger partial charge in [-0.2, -0.15) is 0 Å². The highest BCUT2D eigenvalue weighted by Gasteiger charge is 2.25. The third-order valence-electron chi connectivity index (χ3n) is 2.75. The predicted octanol–water partition coefficient (Wildman–Crippen LogP) is 4.12. The van der Waals surface area contributed by atoms with Crippen LogP contribution in [-0.4, -0.2) is 23.3 Å². The lowest BCUT2D eigenvalue weighted by molar-refractivity contribution is -0.155. The Morgan fingerprint density at radius 3 is 1.96 bits per heavy atom. The molecular weight excluding hydrogens is 313 g/mol. The van der Waals surface area contributed by atoms with Gasteiger partial charge in [0.1, 0.15) is 17.0 Å². The minimum absolute atomic E-state index is 0.0812. The van der Waals surface area contributed by atoms with E-state index in [1.165, 1.54) is 24.3 Å². The van der Waals surface area contributed by atoms with Gasteiger partial charge in [-0.3, -0.25) is 4.79 Å². The molecule has 1 amide bonds. The van der Waals surface area contributed by atoms with Crippen LogP contribution in [0.15, 0.2) is 24.3 Å². The zero-order valence-electron chi connectivity index (χ0n) is 15.1. The van der Waals surface area contributed by atoms with E-state index in [0.717, 1.165) is 0 Å². The van der Waals surface area contributed by atoms with Gasteiger partial charge in [0.05, 0.1) is 12.5 Å². The van der Waals surface area contributed by atoms with Gasteiger partial charge < -0.3 is 14.8 Å². The van der Waals surface area contributed by atoms with E-state index < -0.39 is 35.1 Å². The van der Waals surface area contributed by atoms with Crippen LogP contribution in [0.25, 0.3) is 0 Å². The van der Waals surface area contributed by atoms with Gasteiger partial charge in [0.15, 0.2) is 0 Å². The molecule has 0 fully saturated rings. The van der Waals surface area contributed by atoms with E-state index in [2.05, 4.69) is 5.32 Å². The van der Waals surface area contributed by atoms with Crippen LogP contribution in [-0.2, 0) is 14.3 Å². The van der Waals surface area contributed by atoms with Crippen molar-refractivity contribution < 1.29 is 23.5 Å². The number of carbonyl (C=O) groups is 2. The first-order valence-electron chi connectivity index (χ1n) is 7.82. The van der Waals surface area contributed by atoms with E-state index in [1.807, 2.05) is 0 Å². The highest BCUT2D eigenvalue weighted by atomic mass is 19.1. The molecule has 0 saturated heterocycles. The minimum Gasteiger partial charge on any atom is -0.460 e. The number of alkyl carbamates (subject to hydrolysis) is 1. The lowest BCUT2D eigenvalue weighted by Gasteiger charge is -2.25. The number of hydrogen-bond acceptors (Lipinski definition) is 4. The fourth-order valence-corrected chi connectivity index (χ4v) is 1.95. The second-order valence-corrected chi connectivity index (χ2v) is 7.54. The summed E-state index contributed by atoms with van der Waals surface area (Å²) >= 11 is 0. The van der Waals surface area contributed by atoms with E-state index in [0.29, 0.717) is 5.56 Å². The van der Waals surface area contributed by atoms with Gasteiger partial charge >= 0.3 is 12.1 Å². The fraction of sp³-hybridized carbons (Fsp3) is 0.556. The van der Waals surface area contributed by atoms with E-state index in [4.69, 9.17) is 9.47 Å². The van der Waals surface area contributed by atoms with E-state index in [-0.39, 0.29) is 6.42 Å². The number of rotatable bonds is 4. The van der Waals surface area contributed by atoms with Crippen molar-refractivity contribution in [2.75, 3.05) is 0 Å². The molecule has 134 valence electrons. The third-order valence-corrected chi connectivity index (χ3v) is 2.75. The Balaban J connectivity index is 2.89. The Bertz CT molecular complexity index is 540. The van der Waals surface area contributed by atoms with E-state index in [9.17, 15) is 14.0 Å². The monoisotopic (exact) mass is 339 g/mol. The van der Waals surface area contributed by atoms with Crippen molar-refractivity contribution in [2.24, 2.45) is 0 Å². The van der Waals surface area contributed by atoms with E-state index in [1.54, 1.807) is 41.5 Å². The zero-order valence-corrected chi connectivity index (χ0v) is 15.1. The maximum absolute atomic E-state index is 13.1.